The summed E-state index contributed by atoms with van der Waals surface area (Å²) in [6, 6.07) is 7.96. The molecule has 0 radical (unpaired) electrons. The fourth-order valence-electron chi connectivity index (χ4n) is 2.65. The molecule has 1 fully saturated rings. The molecule has 1 aliphatic rings. The third-order valence-electron chi connectivity index (χ3n) is 4.04. The molecule has 1 aromatic heterocycles. The zero-order chi connectivity index (χ0) is 16.2. The van der Waals surface area contributed by atoms with Crippen LogP contribution in [0.1, 0.15) is 28.6 Å². The molecule has 1 atom stereocenters. The molecule has 0 aliphatic carbocycles. The average Bonchev–Trinajstić information content (AvgIpc) is 2.98. The van der Waals surface area contributed by atoms with Gasteiger partial charge in [-0.3, -0.25) is 0 Å². The summed E-state index contributed by atoms with van der Waals surface area (Å²) in [5.41, 5.74) is 3.62. The van der Waals surface area contributed by atoms with Gasteiger partial charge < -0.3 is 15.0 Å². The molecule has 0 saturated carbocycles. The largest absolute Gasteiger partial charge is 0.370 e. The topological polar surface area (TPSA) is 80.5 Å². The minimum Gasteiger partial charge on any atom is -0.370 e. The van der Waals surface area contributed by atoms with Gasteiger partial charge in [-0.1, -0.05) is 34.6 Å². The second kappa shape index (κ2) is 6.78. The Bertz CT molecular complexity index is 685. The van der Waals surface area contributed by atoms with Gasteiger partial charge in [-0.15, -0.1) is 0 Å². The number of hydrogen-bond acceptors (Lipinski definition) is 5. The minimum absolute atomic E-state index is 0.0915. The van der Waals surface area contributed by atoms with Crippen LogP contribution in [0.5, 0.6) is 0 Å². The van der Waals surface area contributed by atoms with E-state index >= 15 is 0 Å². The number of amides is 2. The Balaban J connectivity index is 1.61. The normalized spacial score (nSPS) is 18.0. The van der Waals surface area contributed by atoms with Crippen LogP contribution in [0.3, 0.4) is 0 Å². The quantitative estimate of drug-likeness (QED) is 0.936. The molecule has 7 heteroatoms. The van der Waals surface area contributed by atoms with Gasteiger partial charge in [0.25, 0.3) is 0 Å². The van der Waals surface area contributed by atoms with Crippen molar-refractivity contribution >= 4 is 6.03 Å². The summed E-state index contributed by atoms with van der Waals surface area (Å²) in [7, 11) is 0. The molecule has 7 nitrogen and oxygen atoms in total. The highest BCUT2D eigenvalue weighted by Gasteiger charge is 2.26. The number of hydrogen-bond donors (Lipinski definition) is 1. The molecular formula is C16H20N4O3. The lowest BCUT2D eigenvalue weighted by Crippen LogP contribution is -2.47. The van der Waals surface area contributed by atoms with Gasteiger partial charge in [0.05, 0.1) is 19.7 Å². The number of aryl methyl sites for hydroxylation is 2. The minimum atomic E-state index is -0.130. The van der Waals surface area contributed by atoms with E-state index in [0.717, 1.165) is 5.56 Å². The molecule has 1 unspecified atom stereocenters. The molecule has 2 aromatic rings. The van der Waals surface area contributed by atoms with Crippen molar-refractivity contribution in [1.82, 2.24) is 20.5 Å². The summed E-state index contributed by atoms with van der Waals surface area (Å²) in [5.74, 6) is 0. The lowest BCUT2D eigenvalue weighted by molar-refractivity contribution is -0.0158. The van der Waals surface area contributed by atoms with Crippen LogP contribution in [0.15, 0.2) is 28.9 Å². The lowest BCUT2D eigenvalue weighted by Gasteiger charge is -2.33. The summed E-state index contributed by atoms with van der Waals surface area (Å²) >= 11 is 0. The summed E-state index contributed by atoms with van der Waals surface area (Å²) < 4.78 is 10.5. The number of benzene rings is 1. The Morgan fingerprint density at radius 3 is 2.91 bits per heavy atom. The first-order valence-corrected chi connectivity index (χ1v) is 7.63. The van der Waals surface area contributed by atoms with E-state index < -0.39 is 0 Å². The standard InChI is InChI=1S/C16H20N4O3/c1-11-5-3-4-6-13(11)15-10-20(7-8-22-15)16(21)17-9-14-12(2)18-23-19-14/h3-6,15H,7-10H2,1-2H3,(H,17,21). The molecule has 122 valence electrons. The smallest absolute Gasteiger partial charge is 0.317 e. The van der Waals surface area contributed by atoms with Gasteiger partial charge in [0, 0.05) is 6.54 Å². The highest BCUT2D eigenvalue weighted by molar-refractivity contribution is 5.74. The Hall–Kier alpha value is -2.41. The molecular weight excluding hydrogens is 296 g/mol. The molecule has 1 aliphatic heterocycles. The van der Waals surface area contributed by atoms with Crippen molar-refractivity contribution in [2.75, 3.05) is 19.7 Å². The molecule has 1 saturated heterocycles. The van der Waals surface area contributed by atoms with Crippen LogP contribution in [-0.4, -0.2) is 40.9 Å². The third-order valence-corrected chi connectivity index (χ3v) is 4.04. The number of nitrogens with one attached hydrogen (secondary N) is 1. The molecule has 0 bridgehead atoms. The van der Waals surface area contributed by atoms with Crippen LogP contribution in [-0.2, 0) is 11.3 Å². The van der Waals surface area contributed by atoms with Crippen molar-refractivity contribution in [2.24, 2.45) is 0 Å². The van der Waals surface area contributed by atoms with E-state index in [-0.39, 0.29) is 12.1 Å². The van der Waals surface area contributed by atoms with Crippen molar-refractivity contribution in [2.45, 2.75) is 26.5 Å². The maximum absolute atomic E-state index is 12.3. The third kappa shape index (κ3) is 3.50. The van der Waals surface area contributed by atoms with E-state index in [1.807, 2.05) is 18.2 Å². The van der Waals surface area contributed by atoms with Crippen molar-refractivity contribution in [3.05, 3.63) is 46.8 Å². The van der Waals surface area contributed by atoms with Gasteiger partial charge in [0.2, 0.25) is 0 Å². The molecule has 1 aromatic carbocycles. The molecule has 1 N–H and O–H groups in total. The Morgan fingerprint density at radius 1 is 1.35 bits per heavy atom. The molecule has 23 heavy (non-hydrogen) atoms. The number of carbonyl (C=O) groups excluding carboxylic acids is 1. The van der Waals surface area contributed by atoms with E-state index in [1.165, 1.54) is 5.56 Å². The molecule has 2 amide bonds. The van der Waals surface area contributed by atoms with E-state index in [0.29, 0.717) is 37.6 Å². The number of carbonyl (C=O) groups is 1. The fourth-order valence-corrected chi connectivity index (χ4v) is 2.65. The zero-order valence-corrected chi connectivity index (χ0v) is 13.3. The first kappa shape index (κ1) is 15.5. The predicted octanol–water partition coefficient (Wildman–Crippen LogP) is 1.97. The van der Waals surface area contributed by atoms with Gasteiger partial charge in [-0.2, -0.15) is 0 Å². The van der Waals surface area contributed by atoms with Crippen LogP contribution < -0.4 is 5.32 Å². The maximum Gasteiger partial charge on any atom is 0.317 e. The van der Waals surface area contributed by atoms with Crippen molar-refractivity contribution in [3.8, 4) is 0 Å². The number of ether oxygens (including phenoxy) is 1. The van der Waals surface area contributed by atoms with Crippen LogP contribution in [0.2, 0.25) is 0 Å². The number of nitrogens with zero attached hydrogens (tertiary/aromatic N) is 3. The molecule has 0 spiro atoms. The SMILES string of the molecule is Cc1ccccc1C1CN(C(=O)NCc2nonc2C)CCO1. The van der Waals surface area contributed by atoms with Crippen LogP contribution in [0, 0.1) is 13.8 Å². The van der Waals surface area contributed by atoms with E-state index in [2.05, 4.69) is 33.2 Å². The van der Waals surface area contributed by atoms with Gasteiger partial charge >= 0.3 is 6.03 Å². The summed E-state index contributed by atoms with van der Waals surface area (Å²) in [5, 5.41) is 10.3. The second-order valence-corrected chi connectivity index (χ2v) is 5.62. The van der Waals surface area contributed by atoms with Crippen molar-refractivity contribution < 1.29 is 14.2 Å². The van der Waals surface area contributed by atoms with Crippen LogP contribution >= 0.6 is 0 Å². The zero-order valence-electron chi connectivity index (χ0n) is 13.3. The van der Waals surface area contributed by atoms with Gasteiger partial charge in [-0.05, 0) is 25.0 Å². The second-order valence-electron chi connectivity index (χ2n) is 5.62. The first-order valence-electron chi connectivity index (χ1n) is 7.63. The molecule has 2 heterocycles. The number of rotatable bonds is 3. The van der Waals surface area contributed by atoms with Gasteiger partial charge in [0.15, 0.2) is 0 Å². The summed E-state index contributed by atoms with van der Waals surface area (Å²) in [4.78, 5) is 14.1. The lowest BCUT2D eigenvalue weighted by atomic mass is 10.0. The average molecular weight is 316 g/mol. The summed E-state index contributed by atoms with van der Waals surface area (Å²) in [6.07, 6.45) is -0.0915. The van der Waals surface area contributed by atoms with Crippen LogP contribution in [0.25, 0.3) is 0 Å². The Kier molecular flexibility index (Phi) is 4.57. The Labute approximate surface area is 134 Å². The van der Waals surface area contributed by atoms with Crippen molar-refractivity contribution in [3.63, 3.8) is 0 Å². The predicted molar refractivity (Wildman–Crippen MR) is 82.7 cm³/mol. The number of urea groups is 1. The van der Waals surface area contributed by atoms with Gasteiger partial charge in [0.1, 0.15) is 17.5 Å². The number of aromatic nitrogens is 2. The maximum atomic E-state index is 12.3. The molecule has 3 rings (SSSR count). The van der Waals surface area contributed by atoms with Crippen LogP contribution in [0.4, 0.5) is 4.79 Å². The highest BCUT2D eigenvalue weighted by Crippen LogP contribution is 2.24. The fraction of sp³-hybridized carbons (Fsp3) is 0.438. The van der Waals surface area contributed by atoms with Crippen molar-refractivity contribution in [1.29, 1.82) is 0 Å². The monoisotopic (exact) mass is 316 g/mol. The van der Waals surface area contributed by atoms with Gasteiger partial charge in [-0.25, -0.2) is 9.42 Å². The van der Waals surface area contributed by atoms with E-state index in [4.69, 9.17) is 4.74 Å². The van der Waals surface area contributed by atoms with E-state index in [1.54, 1.807) is 11.8 Å². The Morgan fingerprint density at radius 2 is 2.17 bits per heavy atom. The van der Waals surface area contributed by atoms with E-state index in [9.17, 15) is 4.79 Å². The summed E-state index contributed by atoms with van der Waals surface area (Å²) in [6.45, 7) is 5.79. The first-order chi connectivity index (χ1) is 11.1. The number of morpholine rings is 1. The highest BCUT2D eigenvalue weighted by atomic mass is 16.6.